The predicted molar refractivity (Wildman–Crippen MR) is 62.1 cm³/mol. The summed E-state index contributed by atoms with van der Waals surface area (Å²) < 4.78 is 40.7. The Labute approximate surface area is 103 Å². The highest BCUT2D eigenvalue weighted by molar-refractivity contribution is 7.90. The molecule has 18 heavy (non-hydrogen) atoms. The lowest BCUT2D eigenvalue weighted by molar-refractivity contribution is 0.0692. The smallest absolute Gasteiger partial charge is 0.338 e. The molecule has 1 aromatic carbocycles. The van der Waals surface area contributed by atoms with Crippen LogP contribution in [0, 0.1) is 5.82 Å². The van der Waals surface area contributed by atoms with Crippen molar-refractivity contribution in [3.63, 3.8) is 0 Å². The second kappa shape index (κ2) is 4.54. The fourth-order valence-electron chi connectivity index (χ4n) is 1.36. The molecule has 98 valence electrons. The topological polar surface area (TPSA) is 95.5 Å². The zero-order valence-electron chi connectivity index (χ0n) is 9.18. The molecule has 0 heterocycles. The molecular weight excluding hydrogens is 263 g/mol. The third-order valence-electron chi connectivity index (χ3n) is 2.35. The van der Waals surface area contributed by atoms with Gasteiger partial charge in [0, 0.05) is 6.04 Å². The Morgan fingerprint density at radius 2 is 2.06 bits per heavy atom. The minimum Gasteiger partial charge on any atom is -0.478 e. The minimum atomic E-state index is -3.74. The molecule has 1 fully saturated rings. The summed E-state index contributed by atoms with van der Waals surface area (Å²) in [6, 6.07) is 2.93. The molecule has 1 aliphatic rings. The molecule has 3 N–H and O–H groups in total. The number of aromatic carboxylic acids is 1. The van der Waals surface area contributed by atoms with Crippen molar-refractivity contribution in [2.24, 2.45) is 0 Å². The molecule has 0 radical (unpaired) electrons. The van der Waals surface area contributed by atoms with Crippen molar-refractivity contribution in [2.45, 2.75) is 18.9 Å². The normalized spacial score (nSPS) is 15.4. The second-order valence-corrected chi connectivity index (χ2v) is 5.44. The Kier molecular flexibility index (Phi) is 3.22. The molecule has 2 rings (SSSR count). The van der Waals surface area contributed by atoms with Crippen LogP contribution in [0.15, 0.2) is 18.2 Å². The first-order valence-corrected chi connectivity index (χ1v) is 6.68. The molecule has 0 atom stereocenters. The van der Waals surface area contributed by atoms with E-state index in [0.717, 1.165) is 31.0 Å². The van der Waals surface area contributed by atoms with Crippen LogP contribution in [0.1, 0.15) is 23.2 Å². The lowest BCUT2D eigenvalue weighted by atomic mass is 10.2. The van der Waals surface area contributed by atoms with E-state index in [2.05, 4.69) is 9.44 Å². The molecule has 0 bridgehead atoms. The number of hydrogen-bond acceptors (Lipinski definition) is 3. The van der Waals surface area contributed by atoms with E-state index in [9.17, 15) is 17.6 Å². The van der Waals surface area contributed by atoms with E-state index in [-0.39, 0.29) is 11.7 Å². The van der Waals surface area contributed by atoms with Crippen LogP contribution in [-0.4, -0.2) is 25.5 Å². The first-order valence-electron chi connectivity index (χ1n) is 5.20. The quantitative estimate of drug-likeness (QED) is 0.744. The van der Waals surface area contributed by atoms with Gasteiger partial charge in [0.05, 0.1) is 11.3 Å². The maximum atomic E-state index is 13.1. The van der Waals surface area contributed by atoms with E-state index >= 15 is 0 Å². The summed E-state index contributed by atoms with van der Waals surface area (Å²) >= 11 is 0. The fraction of sp³-hybridized carbons (Fsp3) is 0.300. The van der Waals surface area contributed by atoms with Crippen molar-refractivity contribution in [1.82, 2.24) is 4.72 Å². The predicted octanol–water partition coefficient (Wildman–Crippen LogP) is 0.933. The SMILES string of the molecule is O=C(O)c1cc(NS(=O)(=O)NC2CC2)ccc1F. The summed E-state index contributed by atoms with van der Waals surface area (Å²) in [5, 5.41) is 8.71. The van der Waals surface area contributed by atoms with Gasteiger partial charge in [-0.25, -0.2) is 9.18 Å². The van der Waals surface area contributed by atoms with Crippen molar-refractivity contribution in [1.29, 1.82) is 0 Å². The summed E-state index contributed by atoms with van der Waals surface area (Å²) in [5.74, 6) is -2.37. The van der Waals surface area contributed by atoms with E-state index in [1.54, 1.807) is 0 Å². The summed E-state index contributed by atoms with van der Waals surface area (Å²) in [5.41, 5.74) is -0.580. The van der Waals surface area contributed by atoms with Gasteiger partial charge in [-0.2, -0.15) is 13.1 Å². The Morgan fingerprint density at radius 1 is 1.39 bits per heavy atom. The molecule has 6 nitrogen and oxygen atoms in total. The van der Waals surface area contributed by atoms with Gasteiger partial charge in [-0.15, -0.1) is 0 Å². The molecule has 0 unspecified atom stereocenters. The summed E-state index contributed by atoms with van der Waals surface area (Å²) in [4.78, 5) is 10.7. The molecule has 1 aliphatic carbocycles. The molecule has 0 spiro atoms. The maximum absolute atomic E-state index is 13.1. The highest BCUT2D eigenvalue weighted by atomic mass is 32.2. The zero-order valence-corrected chi connectivity index (χ0v) is 10.00. The van der Waals surface area contributed by atoms with Gasteiger partial charge in [-0.3, -0.25) is 4.72 Å². The van der Waals surface area contributed by atoms with Crippen LogP contribution in [0.5, 0.6) is 0 Å². The van der Waals surface area contributed by atoms with Crippen molar-refractivity contribution in [2.75, 3.05) is 4.72 Å². The van der Waals surface area contributed by atoms with Gasteiger partial charge < -0.3 is 5.11 Å². The molecule has 0 aliphatic heterocycles. The minimum absolute atomic E-state index is 0.00181. The van der Waals surface area contributed by atoms with Crippen LogP contribution in [0.25, 0.3) is 0 Å². The van der Waals surface area contributed by atoms with E-state index in [1.807, 2.05) is 0 Å². The standard InChI is InChI=1S/C10H11FN2O4S/c11-9-4-3-7(5-8(9)10(14)15)13-18(16,17)12-6-1-2-6/h3-6,12-13H,1-2H2,(H,14,15). The summed E-state index contributed by atoms with van der Waals surface area (Å²) in [6.07, 6.45) is 1.56. The number of halogens is 1. The van der Waals surface area contributed by atoms with Crippen molar-refractivity contribution in [3.05, 3.63) is 29.6 Å². The third kappa shape index (κ3) is 3.17. The average Bonchev–Trinajstić information content (AvgIpc) is 3.03. The van der Waals surface area contributed by atoms with Gasteiger partial charge in [0.15, 0.2) is 0 Å². The third-order valence-corrected chi connectivity index (χ3v) is 3.50. The van der Waals surface area contributed by atoms with Gasteiger partial charge in [-0.05, 0) is 31.0 Å². The molecule has 1 saturated carbocycles. The largest absolute Gasteiger partial charge is 0.478 e. The van der Waals surface area contributed by atoms with Crippen LogP contribution in [0.4, 0.5) is 10.1 Å². The van der Waals surface area contributed by atoms with Crippen LogP contribution in [0.2, 0.25) is 0 Å². The molecule has 8 heteroatoms. The molecular formula is C10H11FN2O4S. The van der Waals surface area contributed by atoms with E-state index < -0.39 is 27.6 Å². The number of hydrogen-bond donors (Lipinski definition) is 3. The molecule has 0 saturated heterocycles. The highest BCUT2D eigenvalue weighted by Gasteiger charge is 2.27. The number of carbonyl (C=O) groups is 1. The van der Waals surface area contributed by atoms with Crippen LogP contribution in [-0.2, 0) is 10.2 Å². The van der Waals surface area contributed by atoms with E-state index in [1.165, 1.54) is 0 Å². The van der Waals surface area contributed by atoms with Gasteiger partial charge in [0.2, 0.25) is 0 Å². The van der Waals surface area contributed by atoms with E-state index in [0.29, 0.717) is 0 Å². The number of benzene rings is 1. The van der Waals surface area contributed by atoms with Crippen molar-refractivity contribution in [3.8, 4) is 0 Å². The average molecular weight is 274 g/mol. The Morgan fingerprint density at radius 3 is 2.61 bits per heavy atom. The molecule has 0 aromatic heterocycles. The highest BCUT2D eigenvalue weighted by Crippen LogP contribution is 2.21. The first kappa shape index (κ1) is 12.8. The van der Waals surface area contributed by atoms with Gasteiger partial charge in [0.1, 0.15) is 5.82 Å². The Bertz CT molecular complexity index is 584. The first-order chi connectivity index (χ1) is 8.37. The van der Waals surface area contributed by atoms with Crippen LogP contribution < -0.4 is 9.44 Å². The van der Waals surface area contributed by atoms with Gasteiger partial charge in [0.25, 0.3) is 10.2 Å². The van der Waals surface area contributed by atoms with Crippen LogP contribution >= 0.6 is 0 Å². The molecule has 1 aromatic rings. The van der Waals surface area contributed by atoms with Crippen molar-refractivity contribution >= 4 is 21.9 Å². The summed E-state index contributed by atoms with van der Waals surface area (Å²) in [6.45, 7) is 0. The summed E-state index contributed by atoms with van der Waals surface area (Å²) in [7, 11) is -3.74. The number of carboxylic acid groups (broad SMARTS) is 1. The maximum Gasteiger partial charge on any atom is 0.338 e. The lowest BCUT2D eigenvalue weighted by Gasteiger charge is -2.09. The van der Waals surface area contributed by atoms with Gasteiger partial charge in [-0.1, -0.05) is 0 Å². The molecule has 0 amide bonds. The number of nitrogens with one attached hydrogen (secondary N) is 2. The van der Waals surface area contributed by atoms with Crippen LogP contribution in [0.3, 0.4) is 0 Å². The lowest BCUT2D eigenvalue weighted by Crippen LogP contribution is -2.31. The second-order valence-electron chi connectivity index (χ2n) is 4.00. The fourth-order valence-corrected chi connectivity index (χ4v) is 2.53. The van der Waals surface area contributed by atoms with Crippen molar-refractivity contribution < 1.29 is 22.7 Å². The van der Waals surface area contributed by atoms with E-state index in [4.69, 9.17) is 5.11 Å². The number of rotatable bonds is 5. The monoisotopic (exact) mass is 274 g/mol. The zero-order chi connectivity index (χ0) is 13.3. The van der Waals surface area contributed by atoms with Gasteiger partial charge >= 0.3 is 5.97 Å². The Balaban J connectivity index is 2.18. The Hall–Kier alpha value is -1.67. The number of anilines is 1. The number of carboxylic acids is 1.